The van der Waals surface area contributed by atoms with Gasteiger partial charge in [0.2, 0.25) is 0 Å². The molecule has 1 saturated heterocycles. The zero-order valence-corrected chi connectivity index (χ0v) is 21.2. The SMILES string of the molecule is CCC(CC[C@@H]1CCC=C2C=C3CCC(N(C)C)C[C@]34CC[C@@]21O4)c1ccc2ccncc2c1. The normalized spacial score (nSPS) is 33.3. The molecule has 2 aromatic rings. The van der Waals surface area contributed by atoms with Crippen molar-refractivity contribution in [1.29, 1.82) is 0 Å². The molecule has 3 nitrogen and oxygen atoms in total. The molecule has 1 aromatic heterocycles. The van der Waals surface area contributed by atoms with Crippen LogP contribution in [0, 0.1) is 5.92 Å². The zero-order chi connectivity index (χ0) is 23.3. The Bertz CT molecular complexity index is 1130. The van der Waals surface area contributed by atoms with E-state index >= 15 is 0 Å². The number of nitrogens with zero attached hydrogens (tertiary/aromatic N) is 2. The Balaban J connectivity index is 1.23. The molecule has 2 unspecified atom stereocenters. The van der Waals surface area contributed by atoms with Gasteiger partial charge in [-0.25, -0.2) is 0 Å². The van der Waals surface area contributed by atoms with Crippen molar-refractivity contribution in [2.75, 3.05) is 14.1 Å². The van der Waals surface area contributed by atoms with E-state index in [0.717, 1.165) is 0 Å². The van der Waals surface area contributed by atoms with Gasteiger partial charge in [-0.1, -0.05) is 31.2 Å². The first kappa shape index (κ1) is 22.5. The van der Waals surface area contributed by atoms with Crippen molar-refractivity contribution in [1.82, 2.24) is 9.88 Å². The molecule has 3 heteroatoms. The second-order valence-corrected chi connectivity index (χ2v) is 11.6. The van der Waals surface area contributed by atoms with Crippen LogP contribution in [0.4, 0.5) is 0 Å². The minimum absolute atomic E-state index is 0.00954. The number of aromatic nitrogens is 1. The Hall–Kier alpha value is -1.97. The van der Waals surface area contributed by atoms with Gasteiger partial charge in [-0.2, -0.15) is 0 Å². The van der Waals surface area contributed by atoms with Crippen molar-refractivity contribution in [3.63, 3.8) is 0 Å². The largest absolute Gasteiger partial charge is 0.359 e. The van der Waals surface area contributed by atoms with E-state index in [0.29, 0.717) is 17.9 Å². The maximum Gasteiger partial charge on any atom is 0.0969 e. The molecule has 2 fully saturated rings. The van der Waals surface area contributed by atoms with Gasteiger partial charge >= 0.3 is 0 Å². The molecule has 2 bridgehead atoms. The smallest absolute Gasteiger partial charge is 0.0969 e. The van der Waals surface area contributed by atoms with Crippen molar-refractivity contribution in [3.8, 4) is 0 Å². The lowest BCUT2D eigenvalue weighted by molar-refractivity contribution is -0.122. The Morgan fingerprint density at radius 2 is 2.06 bits per heavy atom. The number of pyridine rings is 1. The lowest BCUT2D eigenvalue weighted by Crippen LogP contribution is -2.52. The Morgan fingerprint density at radius 1 is 1.15 bits per heavy atom. The third kappa shape index (κ3) is 3.58. The lowest BCUT2D eigenvalue weighted by Gasteiger charge is -2.51. The summed E-state index contributed by atoms with van der Waals surface area (Å²) in [6.45, 7) is 2.35. The molecule has 1 saturated carbocycles. The Morgan fingerprint density at radius 3 is 2.91 bits per heavy atom. The van der Waals surface area contributed by atoms with Gasteiger partial charge in [0.05, 0.1) is 11.2 Å². The summed E-state index contributed by atoms with van der Waals surface area (Å²) in [6.07, 6.45) is 21.3. The molecule has 5 atom stereocenters. The summed E-state index contributed by atoms with van der Waals surface area (Å²) in [5.74, 6) is 1.24. The number of rotatable bonds is 6. The van der Waals surface area contributed by atoms with Gasteiger partial charge in [0.25, 0.3) is 0 Å². The van der Waals surface area contributed by atoms with Crippen LogP contribution >= 0.6 is 0 Å². The molecule has 1 aromatic carbocycles. The van der Waals surface area contributed by atoms with Crippen molar-refractivity contribution in [2.45, 2.75) is 94.3 Å². The molecule has 2 aliphatic heterocycles. The molecule has 180 valence electrons. The van der Waals surface area contributed by atoms with E-state index in [1.54, 1.807) is 5.57 Å². The van der Waals surface area contributed by atoms with Crippen LogP contribution in [-0.4, -0.2) is 41.2 Å². The van der Waals surface area contributed by atoms with Crippen LogP contribution in [0.1, 0.15) is 82.6 Å². The predicted molar refractivity (Wildman–Crippen MR) is 140 cm³/mol. The van der Waals surface area contributed by atoms with Crippen LogP contribution < -0.4 is 0 Å². The summed E-state index contributed by atoms with van der Waals surface area (Å²) in [5.41, 5.74) is 4.58. The fourth-order valence-electron chi connectivity index (χ4n) is 7.70. The molecule has 0 N–H and O–H groups in total. The minimum Gasteiger partial charge on any atom is -0.359 e. The monoisotopic (exact) mass is 456 g/mol. The lowest BCUT2D eigenvalue weighted by atomic mass is 9.69. The highest BCUT2D eigenvalue weighted by Gasteiger charge is 2.60. The molecule has 2 aliphatic carbocycles. The van der Waals surface area contributed by atoms with Crippen LogP contribution in [0.15, 0.2) is 60.0 Å². The fraction of sp³-hybridized carbons (Fsp3) is 0.581. The van der Waals surface area contributed by atoms with Crippen LogP contribution in [0.25, 0.3) is 10.8 Å². The second-order valence-electron chi connectivity index (χ2n) is 11.6. The zero-order valence-electron chi connectivity index (χ0n) is 21.2. The van der Waals surface area contributed by atoms with Crippen LogP contribution in [-0.2, 0) is 4.74 Å². The molecule has 2 spiro atoms. The molecule has 3 heterocycles. The highest BCUT2D eigenvalue weighted by molar-refractivity contribution is 5.82. The standard InChI is InChI=1S/C31H40N2O/c1-4-22(24-9-8-23-14-17-32-21-25(23)18-24)10-11-26-6-5-7-28-19-27-12-13-29(33(2)3)20-30(27)15-16-31(26,28)34-30/h7-9,14,17-19,21-22,26,29H,4-6,10-13,15-16,20H2,1-3H3/t22?,26-,29?,30+,31-/m0/s1. The number of benzene rings is 1. The van der Waals surface area contributed by atoms with Gasteiger partial charge in [-0.05, 0) is 124 Å². The summed E-state index contributed by atoms with van der Waals surface area (Å²) in [5, 5.41) is 2.55. The molecular weight excluding hydrogens is 416 g/mol. The van der Waals surface area contributed by atoms with Gasteiger partial charge < -0.3 is 9.64 Å². The van der Waals surface area contributed by atoms with Gasteiger partial charge in [-0.15, -0.1) is 0 Å². The second kappa shape index (κ2) is 8.60. The number of hydrogen-bond acceptors (Lipinski definition) is 3. The van der Waals surface area contributed by atoms with E-state index in [9.17, 15) is 0 Å². The van der Waals surface area contributed by atoms with Gasteiger partial charge in [-0.3, -0.25) is 4.98 Å². The molecule has 6 rings (SSSR count). The van der Waals surface area contributed by atoms with Crippen LogP contribution in [0.5, 0.6) is 0 Å². The number of allylic oxidation sites excluding steroid dienone is 1. The fourth-order valence-corrected chi connectivity index (χ4v) is 7.70. The predicted octanol–water partition coefficient (Wildman–Crippen LogP) is 7.19. The van der Waals surface area contributed by atoms with Crippen LogP contribution in [0.3, 0.4) is 0 Å². The summed E-state index contributed by atoms with van der Waals surface area (Å²) in [7, 11) is 4.48. The summed E-state index contributed by atoms with van der Waals surface area (Å²) in [4.78, 5) is 6.77. The average Bonchev–Trinajstić information content (AvgIpc) is 3.16. The first-order valence-corrected chi connectivity index (χ1v) is 13.6. The molecule has 34 heavy (non-hydrogen) atoms. The highest BCUT2D eigenvalue weighted by atomic mass is 16.5. The van der Waals surface area contributed by atoms with Crippen molar-refractivity contribution < 1.29 is 4.74 Å². The Kier molecular flexibility index (Phi) is 5.69. The van der Waals surface area contributed by atoms with Gasteiger partial charge in [0, 0.05) is 23.8 Å². The first-order chi connectivity index (χ1) is 16.5. The van der Waals surface area contributed by atoms with Gasteiger partial charge in [0.1, 0.15) is 0 Å². The van der Waals surface area contributed by atoms with E-state index in [-0.39, 0.29) is 11.2 Å². The minimum atomic E-state index is -0.0262. The number of ether oxygens (including phenoxy) is 1. The third-order valence-electron chi connectivity index (χ3n) is 9.76. The van der Waals surface area contributed by atoms with E-state index in [1.807, 2.05) is 12.4 Å². The summed E-state index contributed by atoms with van der Waals surface area (Å²) in [6, 6.07) is 9.75. The molecule has 4 aliphatic rings. The Labute approximate surface area is 205 Å². The van der Waals surface area contributed by atoms with Crippen molar-refractivity contribution in [2.24, 2.45) is 5.92 Å². The first-order valence-electron chi connectivity index (χ1n) is 13.6. The topological polar surface area (TPSA) is 25.4 Å². The average molecular weight is 457 g/mol. The summed E-state index contributed by atoms with van der Waals surface area (Å²) < 4.78 is 7.33. The quantitative estimate of drug-likeness (QED) is 0.460. The summed E-state index contributed by atoms with van der Waals surface area (Å²) >= 11 is 0. The molecule has 0 amide bonds. The maximum atomic E-state index is 7.33. The van der Waals surface area contributed by atoms with Crippen molar-refractivity contribution in [3.05, 3.63) is 65.5 Å². The van der Waals surface area contributed by atoms with E-state index in [4.69, 9.17) is 4.74 Å². The van der Waals surface area contributed by atoms with E-state index in [2.05, 4.69) is 67.3 Å². The highest BCUT2D eigenvalue weighted by Crippen LogP contribution is 2.61. The number of hydrogen-bond donors (Lipinski definition) is 0. The number of fused-ring (bicyclic) bond motifs is 1. The van der Waals surface area contributed by atoms with Crippen LogP contribution in [0.2, 0.25) is 0 Å². The van der Waals surface area contributed by atoms with E-state index < -0.39 is 0 Å². The molecular formula is C31H40N2O. The van der Waals surface area contributed by atoms with E-state index in [1.165, 1.54) is 86.1 Å². The molecule has 0 radical (unpaired) electrons. The van der Waals surface area contributed by atoms with Gasteiger partial charge in [0.15, 0.2) is 0 Å². The maximum absolute atomic E-state index is 7.33. The third-order valence-corrected chi connectivity index (χ3v) is 9.76. The van der Waals surface area contributed by atoms with Crippen molar-refractivity contribution >= 4 is 10.8 Å².